The first kappa shape index (κ1) is 19.8. The van der Waals surface area contributed by atoms with Gasteiger partial charge in [-0.1, -0.05) is 11.6 Å². The van der Waals surface area contributed by atoms with Crippen LogP contribution < -0.4 is 15.7 Å². The number of nitrogens with one attached hydrogen (secondary N) is 1. The van der Waals surface area contributed by atoms with Crippen LogP contribution in [0, 0.1) is 0 Å². The van der Waals surface area contributed by atoms with Gasteiger partial charge in [0.05, 0.1) is 18.9 Å². The number of carboxylic acids is 1. The smallest absolute Gasteiger partial charge is 0.230 e. The van der Waals surface area contributed by atoms with Gasteiger partial charge in [-0.15, -0.1) is 0 Å². The highest BCUT2D eigenvalue weighted by atomic mass is 16.4. The summed E-state index contributed by atoms with van der Waals surface area (Å²) in [7, 11) is 0. The van der Waals surface area contributed by atoms with E-state index in [1.165, 1.54) is 25.3 Å². The van der Waals surface area contributed by atoms with Gasteiger partial charge < -0.3 is 20.5 Å². The molecule has 1 atom stereocenters. The third kappa shape index (κ3) is 6.44. The minimum absolute atomic E-state index is 0.0532. The number of Topliss-reactive ketones (excluding diaryl/α,β-unsaturated/α-hetero) is 1. The zero-order valence-electron chi connectivity index (χ0n) is 15.1. The number of amides is 1. The van der Waals surface area contributed by atoms with Crippen molar-refractivity contribution < 1.29 is 24.8 Å². The Labute approximate surface area is 153 Å². The van der Waals surface area contributed by atoms with Gasteiger partial charge >= 0.3 is 0 Å². The average Bonchev–Trinajstić information content (AvgIpc) is 2.62. The second-order valence-corrected chi connectivity index (χ2v) is 6.69. The van der Waals surface area contributed by atoms with Crippen molar-refractivity contribution in [2.45, 2.75) is 51.5 Å². The molecular weight excluding hydrogens is 332 g/mol. The van der Waals surface area contributed by atoms with Gasteiger partial charge in [-0.05, 0) is 56.9 Å². The van der Waals surface area contributed by atoms with E-state index in [1.54, 1.807) is 29.6 Å². The highest BCUT2D eigenvalue weighted by Gasteiger charge is 2.18. The maximum Gasteiger partial charge on any atom is 0.230 e. The summed E-state index contributed by atoms with van der Waals surface area (Å²) in [5.74, 6) is -1.67. The number of rotatable bonds is 9. The molecule has 0 aromatic heterocycles. The van der Waals surface area contributed by atoms with Crippen molar-refractivity contribution in [2.24, 2.45) is 0 Å². The Kier molecular flexibility index (Phi) is 7.53. The molecule has 1 amide bonds. The summed E-state index contributed by atoms with van der Waals surface area (Å²) >= 11 is 0. The number of carbonyl (C=O) groups excluding carboxylic acids is 3. The monoisotopic (exact) mass is 358 g/mol. The second kappa shape index (κ2) is 9.87. The van der Waals surface area contributed by atoms with Crippen molar-refractivity contribution in [1.29, 1.82) is 0 Å². The molecule has 0 heterocycles. The van der Waals surface area contributed by atoms with E-state index in [0.29, 0.717) is 17.8 Å². The van der Waals surface area contributed by atoms with Crippen LogP contribution >= 0.6 is 0 Å². The van der Waals surface area contributed by atoms with Crippen LogP contribution in [0.1, 0.15) is 55.8 Å². The molecule has 6 heteroatoms. The number of benzene rings is 1. The summed E-state index contributed by atoms with van der Waals surface area (Å²) in [6.45, 7) is 2.10. The fourth-order valence-corrected chi connectivity index (χ4v) is 3.06. The Balaban J connectivity index is 1.81. The summed E-state index contributed by atoms with van der Waals surface area (Å²) < 4.78 is 0. The molecule has 0 aliphatic heterocycles. The number of nitrogens with two attached hydrogens (primary N) is 1. The normalized spacial score (nSPS) is 15.0. The van der Waals surface area contributed by atoms with Gasteiger partial charge in [0, 0.05) is 17.7 Å². The second-order valence-electron chi connectivity index (χ2n) is 6.69. The van der Waals surface area contributed by atoms with Crippen molar-refractivity contribution in [3.05, 3.63) is 41.5 Å². The third-order valence-corrected chi connectivity index (χ3v) is 4.58. The third-order valence-electron chi connectivity index (χ3n) is 4.58. The molecule has 0 radical (unpaired) electrons. The van der Waals surface area contributed by atoms with Crippen LogP contribution in [-0.2, 0) is 9.59 Å². The van der Waals surface area contributed by atoms with Gasteiger partial charge in [-0.25, -0.2) is 0 Å². The maximum absolute atomic E-state index is 12.1. The van der Waals surface area contributed by atoms with E-state index in [9.17, 15) is 19.5 Å². The van der Waals surface area contributed by atoms with Gasteiger partial charge in [-0.3, -0.25) is 9.59 Å². The van der Waals surface area contributed by atoms with E-state index in [1.807, 2.05) is 0 Å². The maximum atomic E-state index is 12.1. The molecule has 0 fully saturated rings. The Hall–Kier alpha value is -2.47. The Morgan fingerprint density at radius 2 is 1.92 bits per heavy atom. The standard InChI is InChI=1S/C20H26N2O4/c1-14(23)16-7-9-17(10-8-16)22-19(24)13-18(20(25)26)21-12-11-15-5-3-2-4-6-15/h5,7-10,18,21H,2-4,6,11-13H2,1H3,(H,22,24)(H,25,26)/t18-/m0/s1. The number of allylic oxidation sites excluding steroid dienone is 1. The van der Waals surface area contributed by atoms with Crippen molar-refractivity contribution in [2.75, 3.05) is 11.9 Å². The lowest BCUT2D eigenvalue weighted by Gasteiger charge is -2.18. The van der Waals surface area contributed by atoms with Crippen LogP contribution in [-0.4, -0.2) is 30.2 Å². The number of quaternary nitrogens is 1. The lowest BCUT2D eigenvalue weighted by Crippen LogP contribution is -2.93. The number of hydrogen-bond donors (Lipinski definition) is 2. The van der Waals surface area contributed by atoms with Crippen molar-refractivity contribution in [1.82, 2.24) is 0 Å². The number of aliphatic carboxylic acids is 1. The molecule has 0 bridgehead atoms. The van der Waals surface area contributed by atoms with Crippen LogP contribution in [0.2, 0.25) is 0 Å². The molecule has 1 aromatic rings. The molecule has 140 valence electrons. The molecular formula is C20H26N2O4. The van der Waals surface area contributed by atoms with Crippen LogP contribution in [0.15, 0.2) is 35.9 Å². The average molecular weight is 358 g/mol. The van der Waals surface area contributed by atoms with E-state index >= 15 is 0 Å². The van der Waals surface area contributed by atoms with E-state index in [4.69, 9.17) is 0 Å². The molecule has 1 aromatic carbocycles. The van der Waals surface area contributed by atoms with Crippen molar-refractivity contribution in [3.8, 4) is 0 Å². The lowest BCUT2D eigenvalue weighted by atomic mass is 9.97. The molecule has 0 spiro atoms. The van der Waals surface area contributed by atoms with E-state index in [0.717, 1.165) is 19.3 Å². The van der Waals surface area contributed by atoms with Crippen LogP contribution in [0.3, 0.4) is 0 Å². The van der Waals surface area contributed by atoms with Gasteiger partial charge in [0.1, 0.15) is 6.04 Å². The molecule has 0 saturated carbocycles. The zero-order chi connectivity index (χ0) is 18.9. The van der Waals surface area contributed by atoms with Crippen LogP contribution in [0.4, 0.5) is 5.69 Å². The fraction of sp³-hybridized carbons (Fsp3) is 0.450. The first-order chi connectivity index (χ1) is 12.5. The largest absolute Gasteiger partial charge is 0.544 e. The van der Waals surface area contributed by atoms with E-state index in [-0.39, 0.29) is 18.1 Å². The summed E-state index contributed by atoms with van der Waals surface area (Å²) in [6, 6.07) is 5.59. The predicted octanol–water partition coefficient (Wildman–Crippen LogP) is 0.790. The lowest BCUT2D eigenvalue weighted by molar-refractivity contribution is -0.682. The van der Waals surface area contributed by atoms with Gasteiger partial charge in [-0.2, -0.15) is 0 Å². The topological polar surface area (TPSA) is 103 Å². The van der Waals surface area contributed by atoms with Gasteiger partial charge in [0.25, 0.3) is 0 Å². The molecule has 6 nitrogen and oxygen atoms in total. The molecule has 1 aliphatic rings. The predicted molar refractivity (Wildman–Crippen MR) is 96.4 cm³/mol. The first-order valence-electron chi connectivity index (χ1n) is 9.08. The number of ketones is 1. The van der Waals surface area contributed by atoms with Crippen molar-refractivity contribution >= 4 is 23.3 Å². The summed E-state index contributed by atoms with van der Waals surface area (Å²) in [5, 5.41) is 15.6. The minimum Gasteiger partial charge on any atom is -0.544 e. The van der Waals surface area contributed by atoms with Gasteiger partial charge in [0.15, 0.2) is 5.78 Å². The Morgan fingerprint density at radius 1 is 1.19 bits per heavy atom. The Morgan fingerprint density at radius 3 is 2.50 bits per heavy atom. The summed E-state index contributed by atoms with van der Waals surface area (Å²) in [4.78, 5) is 34.7. The molecule has 1 aliphatic carbocycles. The van der Waals surface area contributed by atoms with E-state index in [2.05, 4.69) is 11.4 Å². The minimum atomic E-state index is -1.23. The number of carbonyl (C=O) groups is 3. The highest BCUT2D eigenvalue weighted by Crippen LogP contribution is 2.19. The quantitative estimate of drug-likeness (QED) is 0.503. The van der Waals surface area contributed by atoms with Crippen LogP contribution in [0.5, 0.6) is 0 Å². The van der Waals surface area contributed by atoms with Crippen LogP contribution in [0.25, 0.3) is 0 Å². The number of carboxylic acid groups (broad SMARTS) is 1. The Bertz CT molecular complexity index is 680. The fourth-order valence-electron chi connectivity index (χ4n) is 3.06. The molecule has 0 unspecified atom stereocenters. The first-order valence-corrected chi connectivity index (χ1v) is 9.08. The van der Waals surface area contributed by atoms with Gasteiger partial charge in [0.2, 0.25) is 5.91 Å². The molecule has 0 saturated heterocycles. The number of hydrogen-bond acceptors (Lipinski definition) is 4. The van der Waals surface area contributed by atoms with Crippen molar-refractivity contribution in [3.63, 3.8) is 0 Å². The molecule has 2 rings (SSSR count). The SMILES string of the molecule is CC(=O)c1ccc(NC(=O)C[C@H]([NH2+]CCC2=CCCCC2)C(=O)[O-])cc1. The van der Waals surface area contributed by atoms with E-state index < -0.39 is 12.0 Å². The number of anilines is 1. The molecule has 26 heavy (non-hydrogen) atoms. The highest BCUT2D eigenvalue weighted by molar-refractivity contribution is 5.96. The summed E-state index contributed by atoms with van der Waals surface area (Å²) in [6.07, 6.45) is 7.53. The summed E-state index contributed by atoms with van der Waals surface area (Å²) in [5.41, 5.74) is 2.46. The zero-order valence-corrected chi connectivity index (χ0v) is 15.1. The molecule has 3 N–H and O–H groups in total.